The number of rotatable bonds is 2. The third-order valence-corrected chi connectivity index (χ3v) is 3.34. The highest BCUT2D eigenvalue weighted by molar-refractivity contribution is 6.18. The Morgan fingerprint density at radius 3 is 1.39 bits per heavy atom. The van der Waals surface area contributed by atoms with E-state index in [0.29, 0.717) is 4.90 Å². The molecular weight excluding hydrogens is 432 g/mol. The van der Waals surface area contributed by atoms with Gasteiger partial charge in [-0.05, 0) is 74.4 Å². The summed E-state index contributed by atoms with van der Waals surface area (Å²) in [4.78, 5) is 54.1. The first kappa shape index (κ1) is 27.6. The van der Waals surface area contributed by atoms with Crippen LogP contribution in [0, 0.1) is 0 Å². The van der Waals surface area contributed by atoms with Gasteiger partial charge in [0.15, 0.2) is 5.84 Å². The number of amidine groups is 1. The van der Waals surface area contributed by atoms with E-state index in [1.165, 1.54) is 24.3 Å². The third-order valence-electron chi connectivity index (χ3n) is 3.34. The van der Waals surface area contributed by atoms with Gasteiger partial charge in [0, 0.05) is 5.56 Å². The van der Waals surface area contributed by atoms with Crippen LogP contribution in [0.25, 0.3) is 0 Å². The summed E-state index contributed by atoms with van der Waals surface area (Å²) in [6.07, 6.45) is -3.35. The minimum absolute atomic E-state index is 0.0449. The van der Waals surface area contributed by atoms with Gasteiger partial charge in [0.05, 0.1) is 5.56 Å². The molecule has 0 aliphatic carbocycles. The lowest BCUT2D eigenvalue weighted by molar-refractivity contribution is 0.0147. The zero-order chi connectivity index (χ0) is 25.8. The lowest BCUT2D eigenvalue weighted by Crippen LogP contribution is -2.47. The van der Waals surface area contributed by atoms with E-state index in [1.54, 1.807) is 62.3 Å². The van der Waals surface area contributed by atoms with Crippen molar-refractivity contribution in [2.45, 2.75) is 79.1 Å². The minimum atomic E-state index is -1.18. The van der Waals surface area contributed by atoms with Crippen molar-refractivity contribution in [3.8, 4) is 0 Å². The molecule has 10 nitrogen and oxygen atoms in total. The number of imide groups is 1. The zero-order valence-corrected chi connectivity index (χ0v) is 20.5. The summed E-state index contributed by atoms with van der Waals surface area (Å²) in [6.45, 7) is 14.5. The monoisotopic (exact) mass is 464 g/mol. The van der Waals surface area contributed by atoms with Crippen molar-refractivity contribution < 1.29 is 38.5 Å². The van der Waals surface area contributed by atoms with E-state index in [2.05, 4.69) is 4.99 Å². The molecule has 0 atom stereocenters. The molecule has 0 aromatic heterocycles. The van der Waals surface area contributed by atoms with Crippen LogP contribution in [-0.2, 0) is 14.2 Å². The van der Waals surface area contributed by atoms with E-state index in [4.69, 9.17) is 19.3 Å². The predicted molar refractivity (Wildman–Crippen MR) is 120 cm³/mol. The van der Waals surface area contributed by atoms with Crippen LogP contribution in [0.5, 0.6) is 0 Å². The first-order valence-electron chi connectivity index (χ1n) is 10.2. The highest BCUT2D eigenvalue weighted by atomic mass is 16.6. The number of aliphatic imine (C=N–C) groups is 1. The van der Waals surface area contributed by atoms with E-state index < -0.39 is 46.9 Å². The molecule has 33 heavy (non-hydrogen) atoms. The topological polar surface area (TPSA) is 132 Å². The van der Waals surface area contributed by atoms with Crippen molar-refractivity contribution in [1.82, 2.24) is 4.90 Å². The molecule has 0 aliphatic rings. The summed E-state index contributed by atoms with van der Waals surface area (Å²) in [6, 6.07) is 5.08. The lowest BCUT2D eigenvalue weighted by Gasteiger charge is -2.29. The van der Waals surface area contributed by atoms with Gasteiger partial charge in [-0.15, -0.1) is 0 Å². The van der Waals surface area contributed by atoms with Crippen LogP contribution in [-0.4, -0.2) is 56.9 Å². The first-order chi connectivity index (χ1) is 14.8. The van der Waals surface area contributed by atoms with Gasteiger partial charge in [-0.2, -0.15) is 9.89 Å². The number of carbonyl (C=O) groups excluding carboxylic acids is 3. The Morgan fingerprint density at radius 1 is 0.697 bits per heavy atom. The molecule has 0 radical (unpaired) electrons. The molecule has 0 bridgehead atoms. The molecule has 0 spiro atoms. The summed E-state index contributed by atoms with van der Waals surface area (Å²) in [5.74, 6) is -1.62. The van der Waals surface area contributed by atoms with Crippen molar-refractivity contribution in [1.29, 1.82) is 0 Å². The second-order valence-corrected chi connectivity index (χ2v) is 10.1. The summed E-state index contributed by atoms with van der Waals surface area (Å²) in [7, 11) is 0. The van der Waals surface area contributed by atoms with Crippen LogP contribution < -0.4 is 0 Å². The maximum absolute atomic E-state index is 13.0. The van der Waals surface area contributed by atoms with Gasteiger partial charge in [0.1, 0.15) is 16.8 Å². The van der Waals surface area contributed by atoms with E-state index in [0.717, 1.165) is 0 Å². The number of nitrogens with zero attached hydrogens (tertiary/aromatic N) is 2. The van der Waals surface area contributed by atoms with Crippen molar-refractivity contribution in [3.63, 3.8) is 0 Å². The van der Waals surface area contributed by atoms with E-state index in [-0.39, 0.29) is 11.1 Å². The molecule has 0 fully saturated rings. The number of amides is 3. The number of carboxylic acids is 1. The Bertz CT molecular complexity index is 901. The van der Waals surface area contributed by atoms with Gasteiger partial charge in [0.2, 0.25) is 0 Å². The fourth-order valence-corrected chi connectivity index (χ4v) is 2.24. The van der Waals surface area contributed by atoms with Crippen molar-refractivity contribution >= 4 is 30.1 Å². The summed E-state index contributed by atoms with van der Waals surface area (Å²) < 4.78 is 15.9. The van der Waals surface area contributed by atoms with E-state index in [1.807, 2.05) is 0 Å². The molecule has 0 saturated carbocycles. The highest BCUT2D eigenvalue weighted by Gasteiger charge is 2.36. The van der Waals surface area contributed by atoms with Crippen LogP contribution >= 0.6 is 0 Å². The quantitative estimate of drug-likeness (QED) is 0.357. The molecule has 1 N–H and O–H groups in total. The average Bonchev–Trinajstić information content (AvgIpc) is 2.56. The van der Waals surface area contributed by atoms with Crippen LogP contribution in [0.4, 0.5) is 14.4 Å². The number of carboxylic acid groups (broad SMARTS) is 1. The molecule has 1 aromatic rings. The van der Waals surface area contributed by atoms with E-state index in [9.17, 15) is 19.2 Å². The number of hydrogen-bond donors (Lipinski definition) is 1. The van der Waals surface area contributed by atoms with Crippen LogP contribution in [0.2, 0.25) is 0 Å². The number of hydrogen-bond acceptors (Lipinski definition) is 7. The maximum atomic E-state index is 13.0. The van der Waals surface area contributed by atoms with E-state index >= 15 is 0 Å². The van der Waals surface area contributed by atoms with Gasteiger partial charge in [0.25, 0.3) is 0 Å². The molecule has 0 aliphatic heterocycles. The Balaban J connectivity index is 3.68. The molecule has 0 saturated heterocycles. The van der Waals surface area contributed by atoms with Gasteiger partial charge in [-0.1, -0.05) is 12.1 Å². The fourth-order valence-electron chi connectivity index (χ4n) is 2.24. The summed E-state index contributed by atoms with van der Waals surface area (Å²) >= 11 is 0. The maximum Gasteiger partial charge on any atom is 0.436 e. The number of aromatic carboxylic acids is 1. The Kier molecular flexibility index (Phi) is 8.38. The molecule has 3 amide bonds. The van der Waals surface area contributed by atoms with Crippen LogP contribution in [0.15, 0.2) is 29.3 Å². The minimum Gasteiger partial charge on any atom is -0.478 e. The number of ether oxygens (including phenoxy) is 3. The molecular formula is C23H32N2O8. The molecule has 1 aromatic carbocycles. The second-order valence-electron chi connectivity index (χ2n) is 10.1. The van der Waals surface area contributed by atoms with Crippen molar-refractivity contribution in [3.05, 3.63) is 35.4 Å². The molecule has 0 unspecified atom stereocenters. The molecule has 1 rings (SSSR count). The molecule has 0 heterocycles. The zero-order valence-electron chi connectivity index (χ0n) is 20.5. The molecule has 182 valence electrons. The van der Waals surface area contributed by atoms with Crippen molar-refractivity contribution in [2.24, 2.45) is 4.99 Å². The second kappa shape index (κ2) is 10.0. The van der Waals surface area contributed by atoms with Crippen LogP contribution in [0.3, 0.4) is 0 Å². The molecule has 10 heteroatoms. The SMILES string of the molecule is CC(C)(C)OC(=O)/N=C(\c1ccc(C(=O)O)cc1)N(C(=O)OC(C)(C)C)C(=O)OC(C)(C)C. The predicted octanol–water partition coefficient (Wildman–Crippen LogP) is 5.24. The number of carbonyl (C=O) groups is 4. The highest BCUT2D eigenvalue weighted by Crippen LogP contribution is 2.19. The van der Waals surface area contributed by atoms with Gasteiger partial charge in [-0.3, -0.25) is 0 Å². The first-order valence-corrected chi connectivity index (χ1v) is 10.2. The van der Waals surface area contributed by atoms with Gasteiger partial charge in [-0.25, -0.2) is 19.2 Å². The Labute approximate surface area is 193 Å². The van der Waals surface area contributed by atoms with Crippen molar-refractivity contribution in [2.75, 3.05) is 0 Å². The smallest absolute Gasteiger partial charge is 0.436 e. The standard InChI is InChI=1S/C23H32N2O8/c1-21(2,3)31-18(28)24-16(14-10-12-15(13-11-14)17(26)27)25(19(29)32-22(4,5)6)20(30)33-23(7,8)9/h10-13H,1-9H3,(H,26,27)/b24-16+. The van der Waals surface area contributed by atoms with Gasteiger partial charge >= 0.3 is 24.2 Å². The van der Waals surface area contributed by atoms with Gasteiger partial charge < -0.3 is 19.3 Å². The Hall–Kier alpha value is -3.43. The Morgan fingerprint density at radius 2 is 1.06 bits per heavy atom. The summed E-state index contributed by atoms with van der Waals surface area (Å²) in [5.41, 5.74) is -2.83. The number of benzene rings is 1. The normalized spacial score (nSPS) is 12.6. The summed E-state index contributed by atoms with van der Waals surface area (Å²) in [5, 5.41) is 9.17. The van der Waals surface area contributed by atoms with Crippen LogP contribution in [0.1, 0.15) is 78.2 Å². The third kappa shape index (κ3) is 9.71. The fraction of sp³-hybridized carbons (Fsp3) is 0.522. The largest absolute Gasteiger partial charge is 0.478 e. The lowest BCUT2D eigenvalue weighted by atomic mass is 10.1. The average molecular weight is 465 g/mol.